The van der Waals surface area contributed by atoms with E-state index in [9.17, 15) is 9.59 Å². The van der Waals surface area contributed by atoms with Gasteiger partial charge in [0.2, 0.25) is 0 Å². The molecule has 1 amide bonds. The molecule has 2 aromatic carbocycles. The molecule has 2 rings (SSSR count). The SMILES string of the molecule is CCN(CC)CCNC(=O)c1cc(Cl)c(N)cc1OC.CCOC(=O)c1ccc(N)cc1. The molecule has 0 heterocycles. The second-order valence-electron chi connectivity index (χ2n) is 6.70. The standard InChI is InChI=1S/C14H22ClN3O2.C9H11NO2/c1-4-18(5-2)7-6-17-14(19)10-8-11(15)12(16)9-13(10)20-3;1-2-12-9(11)7-3-5-8(10)6-4-7/h8-9H,4-7,16H2,1-3H3,(H,17,19);3-6H,2,10H2,1H3. The van der Waals surface area contributed by atoms with Crippen LogP contribution in [0.4, 0.5) is 11.4 Å². The largest absolute Gasteiger partial charge is 0.496 e. The second kappa shape index (κ2) is 14.2. The van der Waals surface area contributed by atoms with E-state index in [1.165, 1.54) is 13.2 Å². The summed E-state index contributed by atoms with van der Waals surface area (Å²) in [6.45, 7) is 9.66. The van der Waals surface area contributed by atoms with E-state index in [2.05, 4.69) is 24.1 Å². The van der Waals surface area contributed by atoms with E-state index in [-0.39, 0.29) is 11.9 Å². The average Bonchev–Trinajstić information content (AvgIpc) is 2.79. The number of nitrogens with one attached hydrogen (secondary N) is 1. The second-order valence-corrected chi connectivity index (χ2v) is 7.11. The van der Waals surface area contributed by atoms with Gasteiger partial charge in [-0.25, -0.2) is 4.79 Å². The average molecular weight is 465 g/mol. The Morgan fingerprint density at radius 3 is 2.22 bits per heavy atom. The Bertz CT molecular complexity index is 871. The van der Waals surface area contributed by atoms with E-state index in [1.54, 1.807) is 37.3 Å². The van der Waals surface area contributed by atoms with Crippen LogP contribution in [0, 0.1) is 0 Å². The summed E-state index contributed by atoms with van der Waals surface area (Å²) in [6.07, 6.45) is 0. The van der Waals surface area contributed by atoms with Gasteiger partial charge in [-0.15, -0.1) is 0 Å². The molecule has 0 spiro atoms. The molecule has 32 heavy (non-hydrogen) atoms. The zero-order valence-corrected chi connectivity index (χ0v) is 19.9. The summed E-state index contributed by atoms with van der Waals surface area (Å²) in [4.78, 5) is 25.5. The highest BCUT2D eigenvalue weighted by Crippen LogP contribution is 2.28. The molecule has 0 atom stereocenters. The third-order valence-electron chi connectivity index (χ3n) is 4.59. The fraction of sp³-hybridized carbons (Fsp3) is 0.391. The third-order valence-corrected chi connectivity index (χ3v) is 4.92. The summed E-state index contributed by atoms with van der Waals surface area (Å²) < 4.78 is 9.95. The lowest BCUT2D eigenvalue weighted by Gasteiger charge is -2.18. The van der Waals surface area contributed by atoms with Gasteiger partial charge in [0.1, 0.15) is 5.75 Å². The van der Waals surface area contributed by atoms with Gasteiger partial charge in [0.15, 0.2) is 0 Å². The number of rotatable bonds is 9. The van der Waals surface area contributed by atoms with Gasteiger partial charge in [-0.2, -0.15) is 0 Å². The van der Waals surface area contributed by atoms with E-state index in [1.807, 2.05) is 0 Å². The Hall–Kier alpha value is -2.97. The Kier molecular flexibility index (Phi) is 12.0. The van der Waals surface area contributed by atoms with Crippen molar-refractivity contribution < 1.29 is 19.1 Å². The van der Waals surface area contributed by atoms with Crippen LogP contribution in [0.5, 0.6) is 5.75 Å². The number of carbonyl (C=O) groups is 2. The van der Waals surface area contributed by atoms with Gasteiger partial charge in [0.05, 0.1) is 35.6 Å². The molecule has 0 bridgehead atoms. The van der Waals surface area contributed by atoms with Crippen LogP contribution in [0.2, 0.25) is 5.02 Å². The van der Waals surface area contributed by atoms with Crippen LogP contribution in [0.1, 0.15) is 41.5 Å². The van der Waals surface area contributed by atoms with Crippen molar-refractivity contribution in [3.8, 4) is 5.75 Å². The Balaban J connectivity index is 0.000000363. The van der Waals surface area contributed by atoms with Crippen molar-refractivity contribution in [2.45, 2.75) is 20.8 Å². The fourth-order valence-corrected chi connectivity index (χ4v) is 2.88. The van der Waals surface area contributed by atoms with Gasteiger partial charge < -0.3 is 31.2 Å². The van der Waals surface area contributed by atoms with Crippen molar-refractivity contribution in [1.29, 1.82) is 0 Å². The number of likely N-dealkylation sites (N-methyl/N-ethyl adjacent to an activating group) is 1. The maximum atomic E-state index is 12.1. The molecule has 0 aliphatic rings. The molecule has 0 aromatic heterocycles. The van der Waals surface area contributed by atoms with Gasteiger partial charge in [-0.3, -0.25) is 4.79 Å². The first-order valence-electron chi connectivity index (χ1n) is 10.4. The van der Waals surface area contributed by atoms with Crippen LogP contribution in [-0.4, -0.2) is 56.7 Å². The van der Waals surface area contributed by atoms with E-state index in [4.69, 9.17) is 32.5 Å². The summed E-state index contributed by atoms with van der Waals surface area (Å²) in [5.74, 6) is -0.0966. The van der Waals surface area contributed by atoms with Crippen molar-refractivity contribution >= 4 is 34.9 Å². The minimum Gasteiger partial charge on any atom is -0.496 e. The number of amides is 1. The highest BCUT2D eigenvalue weighted by molar-refractivity contribution is 6.33. The van der Waals surface area contributed by atoms with E-state index < -0.39 is 0 Å². The van der Waals surface area contributed by atoms with Crippen molar-refractivity contribution in [2.24, 2.45) is 0 Å². The summed E-state index contributed by atoms with van der Waals surface area (Å²) in [5, 5.41) is 3.21. The van der Waals surface area contributed by atoms with Crippen molar-refractivity contribution in [3.05, 3.63) is 52.5 Å². The number of nitrogens with zero attached hydrogens (tertiary/aromatic N) is 1. The summed E-state index contributed by atoms with van der Waals surface area (Å²) >= 11 is 5.95. The first-order chi connectivity index (χ1) is 15.3. The van der Waals surface area contributed by atoms with Crippen LogP contribution in [0.15, 0.2) is 36.4 Å². The molecular formula is C23H33ClN4O4. The van der Waals surface area contributed by atoms with Crippen molar-refractivity contribution in [3.63, 3.8) is 0 Å². The first kappa shape index (κ1) is 27.1. The van der Waals surface area contributed by atoms with Gasteiger partial charge in [0, 0.05) is 24.8 Å². The molecule has 0 unspecified atom stereocenters. The third kappa shape index (κ3) is 8.64. The van der Waals surface area contributed by atoms with Crippen LogP contribution in [-0.2, 0) is 4.74 Å². The number of methoxy groups -OCH3 is 1. The number of benzene rings is 2. The highest BCUT2D eigenvalue weighted by Gasteiger charge is 2.14. The predicted molar refractivity (Wildman–Crippen MR) is 129 cm³/mol. The van der Waals surface area contributed by atoms with Gasteiger partial charge in [-0.1, -0.05) is 25.4 Å². The van der Waals surface area contributed by atoms with E-state index >= 15 is 0 Å². The molecule has 9 heteroatoms. The highest BCUT2D eigenvalue weighted by atomic mass is 35.5. The number of ether oxygens (including phenoxy) is 2. The van der Waals surface area contributed by atoms with Crippen LogP contribution in [0.3, 0.4) is 0 Å². The predicted octanol–water partition coefficient (Wildman–Crippen LogP) is 3.45. The number of hydrogen-bond acceptors (Lipinski definition) is 7. The first-order valence-corrected chi connectivity index (χ1v) is 10.8. The molecule has 176 valence electrons. The van der Waals surface area contributed by atoms with Crippen LogP contribution < -0.4 is 21.5 Å². The van der Waals surface area contributed by atoms with Crippen LogP contribution >= 0.6 is 11.6 Å². The van der Waals surface area contributed by atoms with Crippen molar-refractivity contribution in [2.75, 3.05) is 51.4 Å². The zero-order chi connectivity index (χ0) is 24.1. The number of anilines is 2. The zero-order valence-electron chi connectivity index (χ0n) is 19.1. The number of carbonyl (C=O) groups excluding carboxylic acids is 2. The molecule has 0 aliphatic heterocycles. The Morgan fingerprint density at radius 2 is 1.69 bits per heavy atom. The quantitative estimate of drug-likeness (QED) is 0.384. The molecule has 0 aliphatic carbocycles. The number of nitrogen functional groups attached to an aromatic ring is 2. The number of hydrogen-bond donors (Lipinski definition) is 3. The van der Waals surface area contributed by atoms with Gasteiger partial charge in [-0.05, 0) is 50.3 Å². The van der Waals surface area contributed by atoms with Crippen molar-refractivity contribution in [1.82, 2.24) is 10.2 Å². The fourth-order valence-electron chi connectivity index (χ4n) is 2.71. The minimum atomic E-state index is -0.308. The van der Waals surface area contributed by atoms with Crippen LogP contribution in [0.25, 0.3) is 0 Å². The van der Waals surface area contributed by atoms with Gasteiger partial charge >= 0.3 is 5.97 Å². The number of halogens is 1. The maximum Gasteiger partial charge on any atom is 0.338 e. The molecule has 0 saturated carbocycles. The monoisotopic (exact) mass is 464 g/mol. The minimum absolute atomic E-state index is 0.212. The molecular weight excluding hydrogens is 432 g/mol. The van der Waals surface area contributed by atoms with E-state index in [0.29, 0.717) is 46.4 Å². The number of nitrogens with two attached hydrogens (primary N) is 2. The normalized spacial score (nSPS) is 10.2. The Labute approximate surface area is 194 Å². The van der Waals surface area contributed by atoms with Gasteiger partial charge in [0.25, 0.3) is 5.91 Å². The number of esters is 1. The molecule has 0 saturated heterocycles. The topological polar surface area (TPSA) is 120 Å². The maximum absolute atomic E-state index is 12.1. The van der Waals surface area contributed by atoms with E-state index in [0.717, 1.165) is 19.6 Å². The Morgan fingerprint density at radius 1 is 1.06 bits per heavy atom. The summed E-state index contributed by atoms with van der Waals surface area (Å²) in [7, 11) is 1.50. The molecule has 8 nitrogen and oxygen atoms in total. The smallest absolute Gasteiger partial charge is 0.338 e. The molecule has 0 radical (unpaired) electrons. The molecule has 2 aromatic rings. The molecule has 0 fully saturated rings. The summed E-state index contributed by atoms with van der Waals surface area (Å²) in [5.41, 5.74) is 13.1. The lowest BCUT2D eigenvalue weighted by atomic mass is 10.1. The lowest BCUT2D eigenvalue weighted by Crippen LogP contribution is -2.34. The molecule has 5 N–H and O–H groups in total. The summed E-state index contributed by atoms with van der Waals surface area (Å²) in [6, 6.07) is 9.73. The lowest BCUT2D eigenvalue weighted by molar-refractivity contribution is 0.0526.